The highest BCUT2D eigenvalue weighted by Crippen LogP contribution is 2.42. The molecule has 6 aromatic rings. The predicted octanol–water partition coefficient (Wildman–Crippen LogP) is 6.69. The molecule has 0 aliphatic heterocycles. The number of nitrogen functional groups attached to an aromatic ring is 1. The van der Waals surface area contributed by atoms with E-state index < -0.39 is 45.0 Å². The number of aromatic hydroxyl groups is 1. The number of aromatic nitrogens is 3. The van der Waals surface area contributed by atoms with E-state index in [-0.39, 0.29) is 67.5 Å². The van der Waals surface area contributed by atoms with Gasteiger partial charge in [0, 0.05) is 16.5 Å². The molecule has 22 heteroatoms. The Morgan fingerprint density at radius 1 is 0.704 bits per heavy atom. The largest absolute Gasteiger partial charge is 0.507 e. The SMILES string of the molecule is Cc1cc(O)c2c(N=Nc3ccc(Nc4nc(Cl)nc(Nc5c(C)ccc6c(S(=O)(=O)O)cc(S(=O)(=O)O)cc56)n4)cc3S(=O)(=O)O)c(N)c(C)cc2c1. The van der Waals surface area contributed by atoms with Crippen molar-refractivity contribution in [2.75, 3.05) is 16.4 Å². The van der Waals surface area contributed by atoms with Crippen molar-refractivity contribution in [2.24, 2.45) is 10.2 Å². The zero-order valence-corrected chi connectivity index (χ0v) is 31.1. The second-order valence-corrected chi connectivity index (χ2v) is 16.5. The quantitative estimate of drug-likeness (QED) is 0.0454. The summed E-state index contributed by atoms with van der Waals surface area (Å²) in [7, 11) is -14.8. The van der Waals surface area contributed by atoms with Crippen LogP contribution in [0.3, 0.4) is 0 Å². The lowest BCUT2D eigenvalue weighted by Crippen LogP contribution is -2.07. The van der Waals surface area contributed by atoms with Crippen molar-refractivity contribution in [3.8, 4) is 5.75 Å². The van der Waals surface area contributed by atoms with Crippen LogP contribution >= 0.6 is 11.6 Å². The summed E-state index contributed by atoms with van der Waals surface area (Å²) >= 11 is 6.17. The van der Waals surface area contributed by atoms with Gasteiger partial charge in [-0.05, 0) is 96.9 Å². The first-order valence-corrected chi connectivity index (χ1v) is 19.8. The van der Waals surface area contributed by atoms with E-state index >= 15 is 0 Å². The van der Waals surface area contributed by atoms with Gasteiger partial charge in [-0.15, -0.1) is 10.2 Å². The molecule has 18 nitrogen and oxygen atoms in total. The molecule has 6 rings (SSSR count). The standard InChI is InChI=1S/C32H27ClN8O10S3/c1-14-8-17-10-16(3)27(34)29(26(17)23(42)9-14)41-40-22-7-5-18(11-25(22)54(49,50)51)35-31-37-30(33)38-32(39-31)36-28-15(2)4-6-20-21(28)12-19(52(43,44)45)13-24(20)53(46,47)48/h4-13,42H,34H2,1-3H3,(H,43,44,45)(H,46,47,48)(H,49,50,51)(H2,35,36,37,38,39). The van der Waals surface area contributed by atoms with E-state index in [4.69, 9.17) is 17.3 Å². The van der Waals surface area contributed by atoms with Gasteiger partial charge in [0.2, 0.25) is 17.2 Å². The van der Waals surface area contributed by atoms with Gasteiger partial charge in [0.15, 0.2) is 0 Å². The van der Waals surface area contributed by atoms with Gasteiger partial charge in [-0.25, -0.2) is 0 Å². The van der Waals surface area contributed by atoms with E-state index in [9.17, 15) is 44.0 Å². The number of azo groups is 1. The Morgan fingerprint density at radius 3 is 2.02 bits per heavy atom. The highest BCUT2D eigenvalue weighted by atomic mass is 35.5. The van der Waals surface area contributed by atoms with Crippen LogP contribution in [0.4, 0.5) is 40.3 Å². The molecular weight excluding hydrogens is 788 g/mol. The zero-order valence-electron chi connectivity index (χ0n) is 27.9. The van der Waals surface area contributed by atoms with E-state index in [0.29, 0.717) is 22.6 Å². The van der Waals surface area contributed by atoms with Gasteiger partial charge in [0.05, 0.1) is 21.7 Å². The topological polar surface area (TPSA) is 297 Å². The predicted molar refractivity (Wildman–Crippen MR) is 200 cm³/mol. The summed E-state index contributed by atoms with van der Waals surface area (Å²) in [6.07, 6.45) is 0. The monoisotopic (exact) mass is 814 g/mol. The van der Waals surface area contributed by atoms with E-state index in [0.717, 1.165) is 17.7 Å². The average molecular weight is 815 g/mol. The van der Waals surface area contributed by atoms with Crippen LogP contribution in [0, 0.1) is 20.8 Å². The third-order valence-electron chi connectivity index (χ3n) is 8.03. The molecule has 0 saturated carbocycles. The summed E-state index contributed by atoms with van der Waals surface area (Å²) in [4.78, 5) is 9.88. The minimum Gasteiger partial charge on any atom is -0.507 e. The maximum atomic E-state index is 12.5. The Balaban J connectivity index is 1.38. The summed E-state index contributed by atoms with van der Waals surface area (Å²) in [6, 6.07) is 13.0. The lowest BCUT2D eigenvalue weighted by molar-refractivity contribution is 0.479. The number of nitrogens with zero attached hydrogens (tertiary/aromatic N) is 5. The molecule has 0 unspecified atom stereocenters. The number of nitrogens with one attached hydrogen (secondary N) is 2. The Bertz CT molecular complexity index is 2950. The van der Waals surface area contributed by atoms with Crippen LogP contribution in [0.2, 0.25) is 5.28 Å². The number of phenols is 1. The molecule has 280 valence electrons. The number of nitrogens with two attached hydrogens (primary N) is 1. The lowest BCUT2D eigenvalue weighted by Gasteiger charge is -2.15. The zero-order chi connectivity index (χ0) is 39.5. The molecule has 5 aromatic carbocycles. The third-order valence-corrected chi connectivity index (χ3v) is 10.8. The number of rotatable bonds is 9. The van der Waals surface area contributed by atoms with Crippen molar-refractivity contribution in [1.82, 2.24) is 15.0 Å². The lowest BCUT2D eigenvalue weighted by atomic mass is 10.0. The Morgan fingerprint density at radius 2 is 1.37 bits per heavy atom. The van der Waals surface area contributed by atoms with E-state index in [1.54, 1.807) is 26.8 Å². The molecule has 8 N–H and O–H groups in total. The number of hydrogen-bond acceptors (Lipinski definition) is 15. The first kappa shape index (κ1) is 38.2. The number of halogens is 1. The maximum absolute atomic E-state index is 12.5. The molecule has 0 saturated heterocycles. The fourth-order valence-corrected chi connectivity index (χ4v) is 7.75. The number of aryl methyl sites for hydroxylation is 3. The molecule has 0 fully saturated rings. The van der Waals surface area contributed by atoms with Gasteiger partial charge < -0.3 is 21.5 Å². The smallest absolute Gasteiger partial charge is 0.296 e. The molecule has 0 aliphatic carbocycles. The highest BCUT2D eigenvalue weighted by Gasteiger charge is 2.23. The average Bonchev–Trinajstić information content (AvgIpc) is 3.04. The first-order chi connectivity index (χ1) is 25.1. The number of fused-ring (bicyclic) bond motifs is 2. The summed E-state index contributed by atoms with van der Waals surface area (Å²) in [5.41, 5.74) is 8.13. The molecular formula is C32H27ClN8O10S3. The third kappa shape index (κ3) is 7.72. The molecule has 0 radical (unpaired) electrons. The normalized spacial score (nSPS) is 12.5. The molecule has 1 heterocycles. The van der Waals surface area contributed by atoms with Crippen LogP contribution in [0.1, 0.15) is 16.7 Å². The van der Waals surface area contributed by atoms with Crippen molar-refractivity contribution in [3.63, 3.8) is 0 Å². The number of anilines is 5. The van der Waals surface area contributed by atoms with E-state index in [2.05, 4.69) is 35.8 Å². The molecule has 0 spiro atoms. The van der Waals surface area contributed by atoms with Crippen LogP contribution in [0.15, 0.2) is 85.6 Å². The molecule has 1 aromatic heterocycles. The Labute approximate surface area is 312 Å². The van der Waals surface area contributed by atoms with Crippen molar-refractivity contribution in [2.45, 2.75) is 35.5 Å². The Kier molecular flexibility index (Phi) is 9.69. The van der Waals surface area contributed by atoms with Crippen LogP contribution < -0.4 is 16.4 Å². The number of benzene rings is 5. The molecule has 54 heavy (non-hydrogen) atoms. The molecule has 0 amide bonds. The summed E-state index contributed by atoms with van der Waals surface area (Å²) in [6.45, 7) is 5.10. The highest BCUT2D eigenvalue weighted by molar-refractivity contribution is 7.87. The number of hydrogen-bond donors (Lipinski definition) is 7. The van der Waals surface area contributed by atoms with Crippen LogP contribution in [0.5, 0.6) is 5.75 Å². The second kappa shape index (κ2) is 13.7. The second-order valence-electron chi connectivity index (χ2n) is 11.9. The molecule has 0 aliphatic rings. The van der Waals surface area contributed by atoms with Crippen molar-refractivity contribution in [1.29, 1.82) is 0 Å². The van der Waals surface area contributed by atoms with E-state index in [1.807, 2.05) is 6.07 Å². The fraction of sp³-hybridized carbons (Fsp3) is 0.0938. The first-order valence-electron chi connectivity index (χ1n) is 15.1. The molecule has 0 atom stereocenters. The van der Waals surface area contributed by atoms with Gasteiger partial charge in [0.25, 0.3) is 30.4 Å². The summed E-state index contributed by atoms with van der Waals surface area (Å²) in [5, 5.41) is 24.8. The van der Waals surface area contributed by atoms with E-state index in [1.165, 1.54) is 30.3 Å². The number of phenolic OH excluding ortho intramolecular Hbond substituents is 1. The van der Waals surface area contributed by atoms with Gasteiger partial charge in [-0.2, -0.15) is 40.2 Å². The minimum atomic E-state index is -4.98. The van der Waals surface area contributed by atoms with Gasteiger partial charge in [0.1, 0.15) is 26.9 Å². The van der Waals surface area contributed by atoms with Gasteiger partial charge in [-0.3, -0.25) is 13.7 Å². The van der Waals surface area contributed by atoms with Gasteiger partial charge in [-0.1, -0.05) is 18.2 Å². The van der Waals surface area contributed by atoms with Crippen molar-refractivity contribution >= 4 is 104 Å². The van der Waals surface area contributed by atoms with Crippen LogP contribution in [-0.2, 0) is 30.4 Å². The fourth-order valence-electron chi connectivity index (χ4n) is 5.60. The van der Waals surface area contributed by atoms with Crippen molar-refractivity contribution < 1.29 is 44.0 Å². The summed E-state index contributed by atoms with van der Waals surface area (Å²) < 4.78 is 103. The maximum Gasteiger partial charge on any atom is 0.296 e. The Hall–Kier alpha value is -5.55. The minimum absolute atomic E-state index is 0.0142. The summed E-state index contributed by atoms with van der Waals surface area (Å²) in [5.74, 6) is -0.639. The van der Waals surface area contributed by atoms with Crippen LogP contribution in [0.25, 0.3) is 21.5 Å². The van der Waals surface area contributed by atoms with Crippen molar-refractivity contribution in [3.05, 3.63) is 82.6 Å². The van der Waals surface area contributed by atoms with Gasteiger partial charge >= 0.3 is 0 Å². The molecule has 0 bridgehead atoms. The van der Waals surface area contributed by atoms with Crippen LogP contribution in [-0.4, -0.2) is 59.0 Å².